The van der Waals surface area contributed by atoms with Crippen molar-refractivity contribution in [3.63, 3.8) is 0 Å². The first-order valence-electron chi connectivity index (χ1n) is 5.91. The third kappa shape index (κ3) is 4.26. The molecule has 1 atom stereocenters. The molecule has 0 aliphatic heterocycles. The highest BCUT2D eigenvalue weighted by Crippen LogP contribution is 2.30. The van der Waals surface area contributed by atoms with Crippen molar-refractivity contribution in [3.05, 3.63) is 17.5 Å². The number of nitrogens with zero attached hydrogens (tertiary/aromatic N) is 1. The third-order valence-corrected chi connectivity index (χ3v) is 4.15. The van der Waals surface area contributed by atoms with E-state index in [1.165, 1.54) is 0 Å². The van der Waals surface area contributed by atoms with Crippen LogP contribution in [-0.4, -0.2) is 20.0 Å². The maximum absolute atomic E-state index is 9.41. The van der Waals surface area contributed by atoms with Crippen LogP contribution in [0.3, 0.4) is 0 Å². The molecule has 98 valence electrons. The molecular weight excluding hydrogens is 234 g/mol. The van der Waals surface area contributed by atoms with Crippen molar-refractivity contribution >= 4 is 9.76 Å². The van der Waals surface area contributed by atoms with Gasteiger partial charge in [-0.3, -0.25) is 0 Å². The molecule has 1 aromatic heterocycles. The molecule has 5 heteroatoms. The van der Waals surface area contributed by atoms with Crippen LogP contribution in [-0.2, 0) is 10.0 Å². The van der Waals surface area contributed by atoms with E-state index >= 15 is 0 Å². The van der Waals surface area contributed by atoms with Crippen LogP contribution in [0.2, 0.25) is 5.04 Å². The minimum atomic E-state index is -0.659. The maximum Gasteiger partial charge on any atom is 0.168 e. The average Bonchev–Trinajstić information content (AvgIpc) is 2.63. The number of aliphatic hydroxyl groups excluding tert-OH is 1. The van der Waals surface area contributed by atoms with E-state index in [2.05, 4.69) is 25.9 Å². The summed E-state index contributed by atoms with van der Waals surface area (Å²) in [5.41, 5.74) is 0.0775. The van der Waals surface area contributed by atoms with Crippen molar-refractivity contribution in [2.45, 2.75) is 58.3 Å². The summed E-state index contributed by atoms with van der Waals surface area (Å²) in [6.07, 6.45) is -0.608. The lowest BCUT2D eigenvalue weighted by Crippen LogP contribution is -2.27. The molecular formula is C12H23NO3Si. The molecule has 0 radical (unpaired) electrons. The Hall–Kier alpha value is -0.653. The van der Waals surface area contributed by atoms with Gasteiger partial charge in [0.15, 0.2) is 15.5 Å². The maximum atomic E-state index is 9.41. The first-order valence-corrected chi connectivity index (χ1v) is 7.19. The van der Waals surface area contributed by atoms with Gasteiger partial charge in [0.25, 0.3) is 0 Å². The molecule has 0 spiro atoms. The van der Waals surface area contributed by atoms with Gasteiger partial charge >= 0.3 is 0 Å². The fourth-order valence-corrected chi connectivity index (χ4v) is 2.17. The summed E-state index contributed by atoms with van der Waals surface area (Å²) in [5.74, 6) is 0.671. The molecule has 1 aromatic rings. The molecule has 1 unspecified atom stereocenters. The predicted molar refractivity (Wildman–Crippen MR) is 69.5 cm³/mol. The fraction of sp³-hybridized carbons (Fsp3) is 0.750. The molecule has 0 aliphatic rings. The molecule has 4 nitrogen and oxygen atoms in total. The Morgan fingerprint density at radius 3 is 2.35 bits per heavy atom. The molecule has 0 amide bonds. The lowest BCUT2D eigenvalue weighted by Gasteiger charge is -2.27. The fourth-order valence-electron chi connectivity index (χ4n) is 1.24. The minimum absolute atomic E-state index is 0.240. The van der Waals surface area contributed by atoms with Crippen LogP contribution in [0.5, 0.6) is 0 Å². The second kappa shape index (κ2) is 4.92. The van der Waals surface area contributed by atoms with Crippen molar-refractivity contribution in [1.29, 1.82) is 0 Å². The Labute approximate surface area is 105 Å². The topological polar surface area (TPSA) is 55.5 Å². The Kier molecular flexibility index (Phi) is 4.17. The van der Waals surface area contributed by atoms with Crippen LogP contribution >= 0.6 is 0 Å². The number of rotatable bonds is 4. The van der Waals surface area contributed by atoms with E-state index in [0.29, 0.717) is 11.5 Å². The largest absolute Gasteiger partial charge is 0.411 e. The Balaban J connectivity index is 2.75. The highest BCUT2D eigenvalue weighted by molar-refractivity contribution is 6.31. The number of aliphatic hydroxyl groups is 1. The molecule has 0 aliphatic carbocycles. The smallest absolute Gasteiger partial charge is 0.168 e. The second-order valence-electron chi connectivity index (χ2n) is 6.15. The quantitative estimate of drug-likeness (QED) is 0.841. The van der Waals surface area contributed by atoms with Gasteiger partial charge in [-0.1, -0.05) is 25.9 Å². The van der Waals surface area contributed by atoms with Gasteiger partial charge in [-0.2, -0.15) is 0 Å². The summed E-state index contributed by atoms with van der Waals surface area (Å²) in [6.45, 7) is 12.1. The van der Waals surface area contributed by atoms with E-state index in [0.717, 1.165) is 0 Å². The monoisotopic (exact) mass is 257 g/mol. The zero-order valence-electron chi connectivity index (χ0n) is 11.6. The van der Waals surface area contributed by atoms with Gasteiger partial charge in [-0.15, -0.1) is 0 Å². The van der Waals surface area contributed by atoms with Crippen LogP contribution in [0.1, 0.15) is 59.1 Å². The first-order chi connectivity index (χ1) is 7.62. The summed E-state index contributed by atoms with van der Waals surface area (Å²) in [6, 6.07) is 1.77. The van der Waals surface area contributed by atoms with Crippen molar-refractivity contribution in [3.8, 4) is 0 Å². The van der Waals surface area contributed by atoms with Gasteiger partial charge in [0.2, 0.25) is 0 Å². The first kappa shape index (κ1) is 14.4. The zero-order chi connectivity index (χ0) is 13.3. The number of aromatic nitrogens is 1. The van der Waals surface area contributed by atoms with Crippen LogP contribution < -0.4 is 0 Å². The van der Waals surface area contributed by atoms with Gasteiger partial charge < -0.3 is 14.1 Å². The Bertz CT molecular complexity index is 366. The summed E-state index contributed by atoms with van der Waals surface area (Å²) >= 11 is 0. The van der Waals surface area contributed by atoms with Crippen LogP contribution in [0, 0.1) is 0 Å². The number of hydrogen-bond acceptors (Lipinski definition) is 4. The lowest BCUT2D eigenvalue weighted by atomic mass is 10.1. The van der Waals surface area contributed by atoms with Gasteiger partial charge in [-0.05, 0) is 25.8 Å². The van der Waals surface area contributed by atoms with Crippen molar-refractivity contribution < 1.29 is 14.1 Å². The molecule has 1 rings (SSSR count). The molecule has 1 N–H and O–H groups in total. The van der Waals surface area contributed by atoms with Gasteiger partial charge in [0.05, 0.1) is 6.10 Å². The molecule has 17 heavy (non-hydrogen) atoms. The lowest BCUT2D eigenvalue weighted by molar-refractivity contribution is 0.0746. The van der Waals surface area contributed by atoms with Crippen molar-refractivity contribution in [2.24, 2.45) is 0 Å². The van der Waals surface area contributed by atoms with Crippen molar-refractivity contribution in [1.82, 2.24) is 5.16 Å². The minimum Gasteiger partial charge on any atom is -0.411 e. The van der Waals surface area contributed by atoms with Gasteiger partial charge in [-0.25, -0.2) is 0 Å². The molecule has 0 aromatic carbocycles. The molecule has 0 bridgehead atoms. The SMILES string of the molecule is CC(O)c1cc(C(C)(C)O[SiH2]C(C)(C)C)on1. The van der Waals surface area contributed by atoms with Crippen molar-refractivity contribution in [2.75, 3.05) is 0 Å². The molecule has 1 heterocycles. The number of hydrogen-bond donors (Lipinski definition) is 1. The third-order valence-electron chi connectivity index (χ3n) is 2.42. The average molecular weight is 257 g/mol. The Morgan fingerprint density at radius 2 is 1.94 bits per heavy atom. The summed E-state index contributed by atoms with van der Waals surface area (Å²) in [7, 11) is -0.659. The van der Waals surface area contributed by atoms with Gasteiger partial charge in [0.1, 0.15) is 11.3 Å². The van der Waals surface area contributed by atoms with Crippen LogP contribution in [0.15, 0.2) is 10.6 Å². The zero-order valence-corrected chi connectivity index (χ0v) is 13.0. The Morgan fingerprint density at radius 1 is 1.35 bits per heavy atom. The summed E-state index contributed by atoms with van der Waals surface area (Å²) in [5, 5.41) is 13.5. The van der Waals surface area contributed by atoms with Gasteiger partial charge in [0, 0.05) is 6.07 Å². The van der Waals surface area contributed by atoms with E-state index < -0.39 is 21.5 Å². The summed E-state index contributed by atoms with van der Waals surface area (Å²) < 4.78 is 11.2. The molecule has 0 saturated heterocycles. The van der Waals surface area contributed by atoms with Crippen LogP contribution in [0.4, 0.5) is 0 Å². The van der Waals surface area contributed by atoms with E-state index in [4.69, 9.17) is 8.95 Å². The van der Waals surface area contributed by atoms with E-state index in [9.17, 15) is 5.11 Å². The van der Waals surface area contributed by atoms with Crippen LogP contribution in [0.25, 0.3) is 0 Å². The normalized spacial score (nSPS) is 15.7. The van der Waals surface area contributed by atoms with E-state index in [1.807, 2.05) is 13.8 Å². The van der Waals surface area contributed by atoms with E-state index in [-0.39, 0.29) is 5.04 Å². The summed E-state index contributed by atoms with van der Waals surface area (Å²) in [4.78, 5) is 0. The molecule has 0 fully saturated rings. The second-order valence-corrected chi connectivity index (χ2v) is 8.85. The highest BCUT2D eigenvalue weighted by Gasteiger charge is 2.29. The highest BCUT2D eigenvalue weighted by atomic mass is 28.2. The molecule has 0 saturated carbocycles. The van der Waals surface area contributed by atoms with E-state index in [1.54, 1.807) is 13.0 Å². The predicted octanol–water partition coefficient (Wildman–Crippen LogP) is 2.28. The standard InChI is InChI=1S/C12H23NO3Si/c1-8(14)9-7-10(15-13-9)12(5,6)16-17-11(2,3)4/h7-8,14H,17H2,1-6H3.